The first kappa shape index (κ1) is 23.6. The fourth-order valence-electron chi connectivity index (χ4n) is 4.45. The number of anilines is 1. The second-order valence-electron chi connectivity index (χ2n) is 8.82. The molecular formula is C29H25N3O3S. The second-order valence-corrected chi connectivity index (χ2v) is 9.85. The smallest absolute Gasteiger partial charge is 0.257 e. The average Bonchev–Trinajstić information content (AvgIpc) is 3.43. The van der Waals surface area contributed by atoms with Gasteiger partial charge >= 0.3 is 0 Å². The van der Waals surface area contributed by atoms with Gasteiger partial charge in [-0.05, 0) is 54.4 Å². The van der Waals surface area contributed by atoms with Crippen molar-refractivity contribution in [2.45, 2.75) is 25.8 Å². The van der Waals surface area contributed by atoms with Gasteiger partial charge in [0.25, 0.3) is 5.91 Å². The molecular weight excluding hydrogens is 470 g/mol. The number of amides is 3. The van der Waals surface area contributed by atoms with Gasteiger partial charge in [-0.15, -0.1) is 17.9 Å². The summed E-state index contributed by atoms with van der Waals surface area (Å²) >= 11 is 1.61. The Bertz CT molecular complexity index is 1460. The van der Waals surface area contributed by atoms with Crippen LogP contribution in [0.2, 0.25) is 0 Å². The molecule has 0 spiro atoms. The van der Waals surface area contributed by atoms with Gasteiger partial charge in [0.05, 0.1) is 28.7 Å². The molecule has 1 atom stereocenters. The van der Waals surface area contributed by atoms with Crippen LogP contribution in [0.5, 0.6) is 0 Å². The highest BCUT2D eigenvalue weighted by atomic mass is 32.1. The van der Waals surface area contributed by atoms with Crippen molar-refractivity contribution >= 4 is 45.0 Å². The molecule has 0 aliphatic carbocycles. The Kier molecular flexibility index (Phi) is 6.48. The Morgan fingerprint density at radius 3 is 2.58 bits per heavy atom. The maximum absolute atomic E-state index is 13.4. The van der Waals surface area contributed by atoms with Crippen LogP contribution in [0.1, 0.15) is 17.5 Å². The first-order valence-electron chi connectivity index (χ1n) is 11.7. The molecule has 1 fully saturated rings. The second kappa shape index (κ2) is 9.87. The van der Waals surface area contributed by atoms with E-state index in [1.54, 1.807) is 29.5 Å². The Labute approximate surface area is 213 Å². The lowest BCUT2D eigenvalue weighted by molar-refractivity contribution is -0.137. The van der Waals surface area contributed by atoms with Crippen LogP contribution in [-0.4, -0.2) is 40.2 Å². The van der Waals surface area contributed by atoms with Gasteiger partial charge in [0.1, 0.15) is 11.0 Å². The van der Waals surface area contributed by atoms with Gasteiger partial charge in [0.2, 0.25) is 11.8 Å². The quantitative estimate of drug-likeness (QED) is 0.262. The zero-order chi connectivity index (χ0) is 25.2. The highest BCUT2D eigenvalue weighted by Gasteiger charge is 2.44. The molecule has 1 aliphatic heterocycles. The third-order valence-electron chi connectivity index (χ3n) is 6.26. The van der Waals surface area contributed by atoms with E-state index in [0.29, 0.717) is 5.69 Å². The van der Waals surface area contributed by atoms with Crippen LogP contribution in [0, 0.1) is 6.92 Å². The molecule has 6 nitrogen and oxygen atoms in total. The average molecular weight is 496 g/mol. The van der Waals surface area contributed by atoms with Crippen molar-refractivity contribution in [2.24, 2.45) is 0 Å². The molecule has 36 heavy (non-hydrogen) atoms. The summed E-state index contributed by atoms with van der Waals surface area (Å²) in [4.78, 5) is 46.7. The van der Waals surface area contributed by atoms with E-state index in [-0.39, 0.29) is 31.2 Å². The molecule has 0 saturated carbocycles. The molecule has 180 valence electrons. The lowest BCUT2D eigenvalue weighted by Crippen LogP contribution is -2.46. The number of aryl methyl sites for hydroxylation is 1. The minimum absolute atomic E-state index is 0.0494. The third kappa shape index (κ3) is 4.57. The monoisotopic (exact) mass is 495 g/mol. The first-order chi connectivity index (χ1) is 17.4. The molecule has 2 heterocycles. The zero-order valence-corrected chi connectivity index (χ0v) is 20.7. The van der Waals surface area contributed by atoms with Gasteiger partial charge in [0, 0.05) is 12.1 Å². The van der Waals surface area contributed by atoms with E-state index in [4.69, 9.17) is 4.98 Å². The summed E-state index contributed by atoms with van der Waals surface area (Å²) < 4.78 is 1.12. The Hall–Kier alpha value is -4.10. The van der Waals surface area contributed by atoms with E-state index in [2.05, 4.69) is 19.6 Å². The molecule has 1 unspecified atom stereocenters. The van der Waals surface area contributed by atoms with Crippen molar-refractivity contribution < 1.29 is 14.4 Å². The Morgan fingerprint density at radius 1 is 1.11 bits per heavy atom. The van der Waals surface area contributed by atoms with Crippen LogP contribution >= 0.6 is 11.3 Å². The van der Waals surface area contributed by atoms with Crippen molar-refractivity contribution in [1.29, 1.82) is 0 Å². The number of hydrogen-bond donors (Lipinski definition) is 0. The van der Waals surface area contributed by atoms with Gasteiger partial charge in [0.15, 0.2) is 0 Å². The topological polar surface area (TPSA) is 70.6 Å². The molecule has 1 aromatic heterocycles. The minimum atomic E-state index is -0.848. The SMILES string of the molecule is C=CCN(C(=O)Cc1ccccc1)C1CC(=O)N(c2ccc(-c3nc4ccc(C)cc4s3)cc2)C1=O. The third-order valence-corrected chi connectivity index (χ3v) is 7.33. The fraction of sp³-hybridized carbons (Fsp3) is 0.172. The van der Waals surface area contributed by atoms with E-state index >= 15 is 0 Å². The van der Waals surface area contributed by atoms with Gasteiger partial charge < -0.3 is 4.90 Å². The lowest BCUT2D eigenvalue weighted by atomic mass is 10.1. The first-order valence-corrected chi connectivity index (χ1v) is 12.5. The van der Waals surface area contributed by atoms with Crippen LogP contribution in [0.4, 0.5) is 5.69 Å². The number of hydrogen-bond acceptors (Lipinski definition) is 5. The number of carbonyl (C=O) groups is 3. The number of nitrogens with zero attached hydrogens (tertiary/aromatic N) is 3. The van der Waals surface area contributed by atoms with Gasteiger partial charge in [-0.25, -0.2) is 9.88 Å². The maximum Gasteiger partial charge on any atom is 0.257 e. The van der Waals surface area contributed by atoms with E-state index < -0.39 is 11.9 Å². The predicted molar refractivity (Wildman–Crippen MR) is 143 cm³/mol. The molecule has 0 bridgehead atoms. The molecule has 0 N–H and O–H groups in total. The van der Waals surface area contributed by atoms with Crippen molar-refractivity contribution in [2.75, 3.05) is 11.4 Å². The van der Waals surface area contributed by atoms with Gasteiger partial charge in [-0.1, -0.05) is 42.5 Å². The number of rotatable bonds is 7. The normalized spacial score (nSPS) is 15.5. The van der Waals surface area contributed by atoms with Gasteiger partial charge in [-0.2, -0.15) is 0 Å². The van der Waals surface area contributed by atoms with E-state index in [9.17, 15) is 14.4 Å². The number of thiazole rings is 1. The summed E-state index contributed by atoms with van der Waals surface area (Å²) in [7, 11) is 0. The van der Waals surface area contributed by atoms with E-state index in [1.165, 1.54) is 15.4 Å². The largest absolute Gasteiger partial charge is 0.326 e. The van der Waals surface area contributed by atoms with Crippen LogP contribution in [0.15, 0.2) is 85.5 Å². The van der Waals surface area contributed by atoms with Crippen molar-refractivity contribution in [1.82, 2.24) is 9.88 Å². The van der Waals surface area contributed by atoms with Crippen LogP contribution in [-0.2, 0) is 20.8 Å². The standard InChI is InChI=1S/C29H25N3O3S/c1-3-15-31(26(33)17-20-7-5-4-6-8-20)24-18-27(34)32(29(24)35)22-12-10-21(11-13-22)28-30-23-14-9-19(2)16-25(23)36-28/h3-14,16,24H,1,15,17-18H2,2H3. The lowest BCUT2D eigenvalue weighted by Gasteiger charge is -2.26. The summed E-state index contributed by atoms with van der Waals surface area (Å²) in [6, 6.07) is 21.9. The van der Waals surface area contributed by atoms with Gasteiger partial charge in [-0.3, -0.25) is 14.4 Å². The van der Waals surface area contributed by atoms with Crippen molar-refractivity contribution in [3.05, 3.63) is 96.6 Å². The van der Waals surface area contributed by atoms with Crippen LogP contribution in [0.25, 0.3) is 20.8 Å². The number of imide groups is 1. The van der Waals surface area contributed by atoms with E-state index in [1.807, 2.05) is 54.6 Å². The van der Waals surface area contributed by atoms with Crippen LogP contribution in [0.3, 0.4) is 0 Å². The summed E-state index contributed by atoms with van der Waals surface area (Å²) in [6.07, 6.45) is 1.69. The molecule has 1 aliphatic rings. The molecule has 4 aromatic rings. The Balaban J connectivity index is 1.36. The zero-order valence-electron chi connectivity index (χ0n) is 19.9. The molecule has 7 heteroatoms. The maximum atomic E-state index is 13.4. The molecule has 3 amide bonds. The number of fused-ring (bicyclic) bond motifs is 1. The van der Waals surface area contributed by atoms with E-state index in [0.717, 1.165) is 26.4 Å². The summed E-state index contributed by atoms with van der Waals surface area (Å²) in [5, 5.41) is 0.878. The highest BCUT2D eigenvalue weighted by molar-refractivity contribution is 7.21. The molecule has 3 aromatic carbocycles. The highest BCUT2D eigenvalue weighted by Crippen LogP contribution is 2.33. The van der Waals surface area contributed by atoms with Crippen molar-refractivity contribution in [3.8, 4) is 10.6 Å². The minimum Gasteiger partial charge on any atom is -0.326 e. The Morgan fingerprint density at radius 2 is 1.86 bits per heavy atom. The number of carbonyl (C=O) groups excluding carboxylic acids is 3. The summed E-state index contributed by atoms with van der Waals surface area (Å²) in [5.41, 5.74) is 4.38. The molecule has 5 rings (SSSR count). The molecule has 1 saturated heterocycles. The number of benzene rings is 3. The number of aromatic nitrogens is 1. The molecule has 0 radical (unpaired) electrons. The predicted octanol–water partition coefficient (Wildman–Crippen LogP) is 5.16. The summed E-state index contributed by atoms with van der Waals surface area (Å²) in [6.45, 7) is 5.98. The van der Waals surface area contributed by atoms with Crippen LogP contribution < -0.4 is 4.90 Å². The fourth-order valence-corrected chi connectivity index (χ4v) is 5.52. The van der Waals surface area contributed by atoms with Crippen molar-refractivity contribution in [3.63, 3.8) is 0 Å². The summed E-state index contributed by atoms with van der Waals surface area (Å²) in [5.74, 6) is -0.934.